The Morgan fingerprint density at radius 1 is 1.47 bits per heavy atom. The Balaban J connectivity index is 2.08. The average Bonchev–Trinajstić information content (AvgIpc) is 2.82. The molecular formula is C13H12FN3S2. The highest BCUT2D eigenvalue weighted by Crippen LogP contribution is 2.24. The summed E-state index contributed by atoms with van der Waals surface area (Å²) in [4.78, 5) is 4.27. The minimum absolute atomic E-state index is 0.225. The first kappa shape index (κ1) is 14.0. The lowest BCUT2D eigenvalue weighted by Crippen LogP contribution is -1.94. The predicted octanol–water partition coefficient (Wildman–Crippen LogP) is 2.59. The number of hydrogen-bond donors (Lipinski definition) is 1. The van der Waals surface area contributed by atoms with E-state index in [1.807, 2.05) is 6.92 Å². The Hall–Kier alpha value is -1.42. The van der Waals surface area contributed by atoms with Crippen LogP contribution in [0, 0.1) is 24.6 Å². The van der Waals surface area contributed by atoms with Gasteiger partial charge in [0.15, 0.2) is 4.34 Å². The van der Waals surface area contributed by atoms with Gasteiger partial charge >= 0.3 is 0 Å². The first-order valence-corrected chi connectivity index (χ1v) is 7.35. The normalized spacial score (nSPS) is 10.1. The minimum Gasteiger partial charge on any atom is -0.320 e. The van der Waals surface area contributed by atoms with Gasteiger partial charge in [-0.15, -0.1) is 0 Å². The molecule has 3 nitrogen and oxygen atoms in total. The van der Waals surface area contributed by atoms with Gasteiger partial charge in [-0.1, -0.05) is 29.7 Å². The molecule has 1 aromatic heterocycles. The molecule has 19 heavy (non-hydrogen) atoms. The van der Waals surface area contributed by atoms with Crippen LogP contribution in [-0.4, -0.2) is 15.9 Å². The molecule has 0 saturated carbocycles. The van der Waals surface area contributed by atoms with Crippen molar-refractivity contribution in [1.82, 2.24) is 9.36 Å². The van der Waals surface area contributed by atoms with Crippen molar-refractivity contribution in [2.45, 2.75) is 17.0 Å². The van der Waals surface area contributed by atoms with Gasteiger partial charge in [0.25, 0.3) is 0 Å². The van der Waals surface area contributed by atoms with Crippen LogP contribution >= 0.6 is 23.3 Å². The van der Waals surface area contributed by atoms with E-state index in [1.165, 1.54) is 17.6 Å². The number of aryl methyl sites for hydroxylation is 1. The first-order chi connectivity index (χ1) is 9.19. The molecule has 0 aliphatic heterocycles. The zero-order chi connectivity index (χ0) is 13.7. The maximum absolute atomic E-state index is 13.5. The van der Waals surface area contributed by atoms with E-state index in [0.29, 0.717) is 11.3 Å². The molecule has 1 aromatic carbocycles. The second-order valence-corrected chi connectivity index (χ2v) is 5.69. The van der Waals surface area contributed by atoms with Crippen LogP contribution in [0.5, 0.6) is 0 Å². The van der Waals surface area contributed by atoms with Gasteiger partial charge in [-0.2, -0.15) is 4.37 Å². The Bertz CT molecular complexity index is 628. The minimum atomic E-state index is -0.318. The number of thioether (sulfide) groups is 1. The van der Waals surface area contributed by atoms with Crippen molar-refractivity contribution < 1.29 is 4.39 Å². The number of nitrogens with zero attached hydrogens (tertiary/aromatic N) is 2. The predicted molar refractivity (Wildman–Crippen MR) is 76.5 cm³/mol. The van der Waals surface area contributed by atoms with Crippen molar-refractivity contribution >= 4 is 23.3 Å². The standard InChI is InChI=1S/C13H12FN3S2/c1-9-16-13(19-17-9)18-8-10-4-5-12(14)11(7-10)3-2-6-15/h4-5,7H,6,8,15H2,1H3. The fourth-order valence-electron chi connectivity index (χ4n) is 1.39. The maximum Gasteiger partial charge on any atom is 0.170 e. The molecule has 0 amide bonds. The van der Waals surface area contributed by atoms with Crippen LogP contribution in [0.25, 0.3) is 0 Å². The summed E-state index contributed by atoms with van der Waals surface area (Å²) in [5, 5.41) is 0. The van der Waals surface area contributed by atoms with E-state index >= 15 is 0 Å². The molecule has 6 heteroatoms. The van der Waals surface area contributed by atoms with E-state index in [0.717, 1.165) is 15.7 Å². The fourth-order valence-corrected chi connectivity index (χ4v) is 2.98. The average molecular weight is 293 g/mol. The number of hydrogen-bond acceptors (Lipinski definition) is 5. The molecule has 0 atom stereocenters. The number of rotatable bonds is 3. The van der Waals surface area contributed by atoms with Crippen LogP contribution < -0.4 is 5.73 Å². The maximum atomic E-state index is 13.5. The van der Waals surface area contributed by atoms with Crippen molar-refractivity contribution in [3.05, 3.63) is 41.0 Å². The summed E-state index contributed by atoms with van der Waals surface area (Å²) in [6.07, 6.45) is 0. The van der Waals surface area contributed by atoms with E-state index in [9.17, 15) is 4.39 Å². The third-order valence-corrected chi connectivity index (χ3v) is 4.22. The molecule has 2 N–H and O–H groups in total. The zero-order valence-corrected chi connectivity index (χ0v) is 11.9. The SMILES string of the molecule is Cc1nsc(SCc2ccc(F)c(C#CCN)c2)n1. The summed E-state index contributed by atoms with van der Waals surface area (Å²) < 4.78 is 18.5. The fraction of sp³-hybridized carbons (Fsp3) is 0.231. The second-order valence-electron chi connectivity index (χ2n) is 3.72. The van der Waals surface area contributed by atoms with Crippen LogP contribution in [0.1, 0.15) is 17.0 Å². The molecule has 0 radical (unpaired) electrons. The van der Waals surface area contributed by atoms with Crippen LogP contribution in [-0.2, 0) is 5.75 Å². The molecule has 0 aliphatic carbocycles. The number of nitrogens with two attached hydrogens (primary N) is 1. The summed E-state index contributed by atoms with van der Waals surface area (Å²) in [5.41, 5.74) is 6.67. The third kappa shape index (κ3) is 4.03. The summed E-state index contributed by atoms with van der Waals surface area (Å²) in [6.45, 7) is 2.08. The summed E-state index contributed by atoms with van der Waals surface area (Å²) >= 11 is 2.96. The topological polar surface area (TPSA) is 51.8 Å². The van der Waals surface area contributed by atoms with Gasteiger partial charge in [0, 0.05) is 5.75 Å². The van der Waals surface area contributed by atoms with E-state index in [4.69, 9.17) is 5.73 Å². The van der Waals surface area contributed by atoms with Gasteiger partial charge in [0.1, 0.15) is 11.6 Å². The third-order valence-electron chi connectivity index (χ3n) is 2.23. The molecule has 0 aliphatic rings. The van der Waals surface area contributed by atoms with E-state index in [2.05, 4.69) is 21.2 Å². The summed E-state index contributed by atoms with van der Waals surface area (Å²) in [6, 6.07) is 4.94. The van der Waals surface area contributed by atoms with Gasteiger partial charge in [0.2, 0.25) is 0 Å². The summed E-state index contributed by atoms with van der Waals surface area (Å²) in [5.74, 6) is 6.57. The van der Waals surface area contributed by atoms with Gasteiger partial charge in [-0.05, 0) is 36.2 Å². The molecule has 0 spiro atoms. The van der Waals surface area contributed by atoms with Crippen molar-refractivity contribution in [3.8, 4) is 11.8 Å². The van der Waals surface area contributed by atoms with Crippen molar-refractivity contribution in [2.24, 2.45) is 5.73 Å². The van der Waals surface area contributed by atoms with Crippen molar-refractivity contribution in [1.29, 1.82) is 0 Å². The van der Waals surface area contributed by atoms with Gasteiger partial charge in [-0.25, -0.2) is 9.37 Å². The molecule has 1 heterocycles. The molecule has 2 aromatic rings. The molecular weight excluding hydrogens is 281 g/mol. The first-order valence-electron chi connectivity index (χ1n) is 5.59. The molecule has 2 rings (SSSR count). The Labute approximate surface area is 119 Å². The van der Waals surface area contributed by atoms with E-state index in [-0.39, 0.29) is 12.4 Å². The summed E-state index contributed by atoms with van der Waals surface area (Å²) in [7, 11) is 0. The van der Waals surface area contributed by atoms with Gasteiger partial charge < -0.3 is 5.73 Å². The highest BCUT2D eigenvalue weighted by atomic mass is 32.2. The highest BCUT2D eigenvalue weighted by Gasteiger charge is 2.04. The molecule has 0 fully saturated rings. The highest BCUT2D eigenvalue weighted by molar-refractivity contribution is 8.00. The Morgan fingerprint density at radius 3 is 3.00 bits per heavy atom. The lowest BCUT2D eigenvalue weighted by molar-refractivity contribution is 0.624. The smallest absolute Gasteiger partial charge is 0.170 e. The molecule has 98 valence electrons. The van der Waals surface area contributed by atoms with E-state index in [1.54, 1.807) is 23.9 Å². The van der Waals surface area contributed by atoms with Crippen LogP contribution in [0.4, 0.5) is 4.39 Å². The Kier molecular flexibility index (Phi) is 4.91. The number of benzene rings is 1. The number of halogens is 1. The van der Waals surface area contributed by atoms with Gasteiger partial charge in [-0.3, -0.25) is 0 Å². The zero-order valence-electron chi connectivity index (χ0n) is 10.3. The largest absolute Gasteiger partial charge is 0.320 e. The van der Waals surface area contributed by atoms with Crippen LogP contribution in [0.15, 0.2) is 22.5 Å². The number of aromatic nitrogens is 2. The van der Waals surface area contributed by atoms with Crippen LogP contribution in [0.3, 0.4) is 0 Å². The molecule has 0 bridgehead atoms. The quantitative estimate of drug-likeness (QED) is 0.698. The van der Waals surface area contributed by atoms with E-state index < -0.39 is 0 Å². The lowest BCUT2D eigenvalue weighted by Gasteiger charge is -2.01. The van der Waals surface area contributed by atoms with Crippen molar-refractivity contribution in [3.63, 3.8) is 0 Å². The monoisotopic (exact) mass is 293 g/mol. The molecule has 0 unspecified atom stereocenters. The lowest BCUT2D eigenvalue weighted by atomic mass is 10.1. The van der Waals surface area contributed by atoms with Gasteiger partial charge in [0.05, 0.1) is 12.1 Å². The van der Waals surface area contributed by atoms with Crippen molar-refractivity contribution in [2.75, 3.05) is 6.54 Å². The Morgan fingerprint density at radius 2 is 2.32 bits per heavy atom. The molecule has 0 saturated heterocycles. The van der Waals surface area contributed by atoms with Crippen LogP contribution in [0.2, 0.25) is 0 Å². The second kappa shape index (κ2) is 6.66.